The monoisotopic (exact) mass is 210 g/mol. The first-order valence-corrected chi connectivity index (χ1v) is 5.65. The normalized spacial score (nSPS) is 34.2. The molecule has 84 valence electrons. The van der Waals surface area contributed by atoms with E-state index in [0.29, 0.717) is 0 Å². The van der Waals surface area contributed by atoms with Crippen molar-refractivity contribution >= 4 is 5.78 Å². The van der Waals surface area contributed by atoms with E-state index in [9.17, 15) is 4.79 Å². The number of carbonyl (C=O) groups excluding carboxylic acids is 1. The van der Waals surface area contributed by atoms with Crippen LogP contribution in [0.3, 0.4) is 0 Å². The fraction of sp³-hybridized carbons (Fsp3) is 0.750. The van der Waals surface area contributed by atoms with E-state index in [-0.39, 0.29) is 11.9 Å². The average Bonchev–Trinajstić information content (AvgIpc) is 2.58. The fourth-order valence-corrected chi connectivity index (χ4v) is 2.45. The number of Topliss-reactive ketones (excluding diaryl/α,β-unsaturated/α-hetero) is 1. The van der Waals surface area contributed by atoms with E-state index in [2.05, 4.69) is 6.58 Å². The highest BCUT2D eigenvalue weighted by atomic mass is 16.8. The molecule has 15 heavy (non-hydrogen) atoms. The Morgan fingerprint density at radius 2 is 2.00 bits per heavy atom. The van der Waals surface area contributed by atoms with Gasteiger partial charge in [0, 0.05) is 12.8 Å². The molecule has 0 aromatic carbocycles. The highest BCUT2D eigenvalue weighted by molar-refractivity contribution is 5.81. The number of hydrogen-bond donors (Lipinski definition) is 0. The van der Waals surface area contributed by atoms with E-state index < -0.39 is 11.9 Å². The number of ether oxygens (including phenoxy) is 2. The van der Waals surface area contributed by atoms with Crippen molar-refractivity contribution in [1.29, 1.82) is 0 Å². The predicted molar refractivity (Wildman–Crippen MR) is 56.4 cm³/mol. The van der Waals surface area contributed by atoms with Crippen LogP contribution in [0, 0.1) is 0 Å². The van der Waals surface area contributed by atoms with Crippen LogP contribution in [0.5, 0.6) is 0 Å². The lowest BCUT2D eigenvalue weighted by Gasteiger charge is -2.31. The maximum Gasteiger partial charge on any atom is 0.170 e. The molecule has 0 aromatic rings. The number of ketones is 1. The van der Waals surface area contributed by atoms with Crippen LogP contribution in [0.25, 0.3) is 0 Å². The standard InChI is InChI=1S/C12H18O3/c1-3-10-11(9(2)13)15-12(14-10)7-5-4-6-8-12/h3,10-11H,1,4-8H2,2H3/t10-,11-/m1/s1. The van der Waals surface area contributed by atoms with Gasteiger partial charge in [0.2, 0.25) is 0 Å². The Kier molecular flexibility index (Phi) is 2.94. The van der Waals surface area contributed by atoms with Crippen LogP contribution in [0.2, 0.25) is 0 Å². The molecule has 1 saturated heterocycles. The first-order valence-electron chi connectivity index (χ1n) is 5.65. The molecule has 0 amide bonds. The molecular formula is C12H18O3. The van der Waals surface area contributed by atoms with Gasteiger partial charge < -0.3 is 9.47 Å². The molecule has 1 aliphatic carbocycles. The maximum atomic E-state index is 11.4. The van der Waals surface area contributed by atoms with Crippen molar-refractivity contribution in [2.24, 2.45) is 0 Å². The van der Waals surface area contributed by atoms with Crippen LogP contribution < -0.4 is 0 Å². The van der Waals surface area contributed by atoms with Crippen LogP contribution in [-0.2, 0) is 14.3 Å². The Morgan fingerprint density at radius 1 is 1.33 bits per heavy atom. The smallest absolute Gasteiger partial charge is 0.170 e. The largest absolute Gasteiger partial charge is 0.339 e. The molecule has 0 aromatic heterocycles. The van der Waals surface area contributed by atoms with E-state index in [1.165, 1.54) is 6.42 Å². The van der Waals surface area contributed by atoms with E-state index in [4.69, 9.17) is 9.47 Å². The van der Waals surface area contributed by atoms with Crippen LogP contribution in [-0.4, -0.2) is 23.8 Å². The van der Waals surface area contributed by atoms with Gasteiger partial charge in [-0.05, 0) is 19.8 Å². The van der Waals surface area contributed by atoms with Gasteiger partial charge in [0.05, 0.1) is 0 Å². The summed E-state index contributed by atoms with van der Waals surface area (Å²) in [6, 6.07) is 0. The molecule has 2 rings (SSSR count). The summed E-state index contributed by atoms with van der Waals surface area (Å²) in [4.78, 5) is 11.4. The zero-order chi connectivity index (χ0) is 10.9. The topological polar surface area (TPSA) is 35.5 Å². The lowest BCUT2D eigenvalue weighted by atomic mass is 9.94. The maximum absolute atomic E-state index is 11.4. The van der Waals surface area contributed by atoms with Crippen LogP contribution in [0.1, 0.15) is 39.0 Å². The Hall–Kier alpha value is -0.670. The molecule has 0 unspecified atom stereocenters. The Bertz CT molecular complexity index is 266. The SMILES string of the molecule is C=C[C@H]1OC2(CCCCC2)O[C@@H]1C(C)=O. The van der Waals surface area contributed by atoms with Gasteiger partial charge in [0.25, 0.3) is 0 Å². The second kappa shape index (κ2) is 4.06. The molecule has 1 saturated carbocycles. The molecule has 2 aliphatic rings. The molecule has 3 heteroatoms. The summed E-state index contributed by atoms with van der Waals surface area (Å²) in [6.45, 7) is 5.24. The zero-order valence-electron chi connectivity index (χ0n) is 9.20. The molecular weight excluding hydrogens is 192 g/mol. The molecule has 2 fully saturated rings. The van der Waals surface area contributed by atoms with E-state index in [1.54, 1.807) is 13.0 Å². The van der Waals surface area contributed by atoms with Crippen molar-refractivity contribution in [1.82, 2.24) is 0 Å². The third-order valence-corrected chi connectivity index (χ3v) is 3.24. The summed E-state index contributed by atoms with van der Waals surface area (Å²) in [7, 11) is 0. The van der Waals surface area contributed by atoms with Crippen molar-refractivity contribution in [2.75, 3.05) is 0 Å². The van der Waals surface area contributed by atoms with Crippen molar-refractivity contribution in [2.45, 2.75) is 57.0 Å². The van der Waals surface area contributed by atoms with Crippen molar-refractivity contribution in [3.05, 3.63) is 12.7 Å². The molecule has 2 atom stereocenters. The summed E-state index contributed by atoms with van der Waals surface area (Å²) in [5.41, 5.74) is 0. The predicted octanol–water partition coefficient (Wildman–Crippen LogP) is 2.21. The van der Waals surface area contributed by atoms with Crippen molar-refractivity contribution in [3.63, 3.8) is 0 Å². The Morgan fingerprint density at radius 3 is 2.47 bits per heavy atom. The van der Waals surface area contributed by atoms with Gasteiger partial charge in [-0.2, -0.15) is 0 Å². The van der Waals surface area contributed by atoms with Gasteiger partial charge in [-0.15, -0.1) is 6.58 Å². The summed E-state index contributed by atoms with van der Waals surface area (Å²) in [5.74, 6) is -0.463. The Labute approximate surface area is 90.4 Å². The zero-order valence-corrected chi connectivity index (χ0v) is 9.20. The minimum atomic E-state index is -0.493. The minimum absolute atomic E-state index is 0.0300. The van der Waals surface area contributed by atoms with Crippen molar-refractivity contribution < 1.29 is 14.3 Å². The fourth-order valence-electron chi connectivity index (χ4n) is 2.45. The van der Waals surface area contributed by atoms with E-state index >= 15 is 0 Å². The molecule has 0 radical (unpaired) electrons. The second-order valence-corrected chi connectivity index (χ2v) is 4.44. The number of rotatable bonds is 2. The van der Waals surface area contributed by atoms with E-state index in [0.717, 1.165) is 25.7 Å². The summed E-state index contributed by atoms with van der Waals surface area (Å²) in [6.07, 6.45) is 6.25. The summed E-state index contributed by atoms with van der Waals surface area (Å²) < 4.78 is 11.7. The molecule has 1 aliphatic heterocycles. The van der Waals surface area contributed by atoms with Crippen molar-refractivity contribution in [3.8, 4) is 0 Å². The summed E-state index contributed by atoms with van der Waals surface area (Å²) >= 11 is 0. The molecule has 3 nitrogen and oxygen atoms in total. The third kappa shape index (κ3) is 1.99. The Balaban J connectivity index is 2.12. The first kappa shape index (κ1) is 10.8. The molecule has 1 heterocycles. The number of carbonyl (C=O) groups is 1. The lowest BCUT2D eigenvalue weighted by Crippen LogP contribution is -2.34. The van der Waals surface area contributed by atoms with Gasteiger partial charge in [-0.1, -0.05) is 12.5 Å². The van der Waals surface area contributed by atoms with Crippen LogP contribution in [0.4, 0.5) is 0 Å². The summed E-state index contributed by atoms with van der Waals surface area (Å²) in [5, 5.41) is 0. The number of hydrogen-bond acceptors (Lipinski definition) is 3. The quantitative estimate of drug-likeness (QED) is 0.655. The molecule has 1 spiro atoms. The highest BCUT2D eigenvalue weighted by Gasteiger charge is 2.48. The van der Waals surface area contributed by atoms with Gasteiger partial charge in [-0.25, -0.2) is 0 Å². The van der Waals surface area contributed by atoms with Crippen LogP contribution >= 0.6 is 0 Å². The van der Waals surface area contributed by atoms with Gasteiger partial charge >= 0.3 is 0 Å². The third-order valence-electron chi connectivity index (χ3n) is 3.24. The van der Waals surface area contributed by atoms with E-state index in [1.807, 2.05) is 0 Å². The van der Waals surface area contributed by atoms with Gasteiger partial charge in [0.15, 0.2) is 11.6 Å². The average molecular weight is 210 g/mol. The van der Waals surface area contributed by atoms with Gasteiger partial charge in [-0.3, -0.25) is 4.79 Å². The lowest BCUT2D eigenvalue weighted by molar-refractivity contribution is -0.192. The van der Waals surface area contributed by atoms with Gasteiger partial charge in [0.1, 0.15) is 12.2 Å². The highest BCUT2D eigenvalue weighted by Crippen LogP contribution is 2.40. The minimum Gasteiger partial charge on any atom is -0.339 e. The van der Waals surface area contributed by atoms with Crippen LogP contribution in [0.15, 0.2) is 12.7 Å². The second-order valence-electron chi connectivity index (χ2n) is 4.44. The molecule has 0 N–H and O–H groups in total. The first-order chi connectivity index (χ1) is 7.17. The molecule has 0 bridgehead atoms.